The van der Waals surface area contributed by atoms with Crippen LogP contribution in [0.15, 0.2) is 48.7 Å². The largest absolute Gasteiger partial charge is 0.481 e. The van der Waals surface area contributed by atoms with Gasteiger partial charge in [0, 0.05) is 32.4 Å². The number of pyridine rings is 1. The van der Waals surface area contributed by atoms with Crippen molar-refractivity contribution in [3.05, 3.63) is 54.2 Å². The second-order valence-electron chi connectivity index (χ2n) is 6.07. The molecule has 0 saturated carbocycles. The Morgan fingerprint density at radius 3 is 2.42 bits per heavy atom. The van der Waals surface area contributed by atoms with Crippen LogP contribution < -0.4 is 9.64 Å². The summed E-state index contributed by atoms with van der Waals surface area (Å²) in [6.07, 6.45) is 1.32. The second-order valence-corrected chi connectivity index (χ2v) is 6.07. The Morgan fingerprint density at radius 1 is 1.08 bits per heavy atom. The zero-order chi connectivity index (χ0) is 16.9. The topological polar surface area (TPSA) is 45.7 Å². The van der Waals surface area contributed by atoms with Gasteiger partial charge in [-0.15, -0.1) is 0 Å². The number of anilines is 1. The molecule has 1 aromatic carbocycles. The van der Waals surface area contributed by atoms with E-state index in [1.54, 1.807) is 6.20 Å². The van der Waals surface area contributed by atoms with Crippen molar-refractivity contribution in [1.82, 2.24) is 9.88 Å². The number of hydrogen-bond donors (Lipinski definition) is 0. The average Bonchev–Trinajstić information content (AvgIpc) is 2.64. The SMILES string of the molecule is Cc1ccc(O[C@H](C)C(=O)N2CCN(c3ccccn3)CC2)cc1. The van der Waals surface area contributed by atoms with E-state index in [4.69, 9.17) is 4.74 Å². The molecule has 2 aromatic rings. The summed E-state index contributed by atoms with van der Waals surface area (Å²) in [5.74, 6) is 1.73. The first-order chi connectivity index (χ1) is 11.6. The van der Waals surface area contributed by atoms with E-state index in [-0.39, 0.29) is 5.91 Å². The summed E-state index contributed by atoms with van der Waals surface area (Å²) < 4.78 is 5.78. The molecule has 126 valence electrons. The summed E-state index contributed by atoms with van der Waals surface area (Å²) in [6, 6.07) is 13.7. The van der Waals surface area contributed by atoms with Crippen molar-refractivity contribution in [2.45, 2.75) is 20.0 Å². The van der Waals surface area contributed by atoms with Gasteiger partial charge in [0.15, 0.2) is 6.10 Å². The third-order valence-corrected chi connectivity index (χ3v) is 4.25. The van der Waals surface area contributed by atoms with Crippen LogP contribution in [0, 0.1) is 6.92 Å². The summed E-state index contributed by atoms with van der Waals surface area (Å²) in [4.78, 5) is 21.0. The first-order valence-electron chi connectivity index (χ1n) is 8.31. The average molecular weight is 325 g/mol. The molecule has 24 heavy (non-hydrogen) atoms. The third-order valence-electron chi connectivity index (χ3n) is 4.25. The molecule has 0 bridgehead atoms. The predicted octanol–water partition coefficient (Wildman–Crippen LogP) is 2.51. The zero-order valence-corrected chi connectivity index (χ0v) is 14.2. The van der Waals surface area contributed by atoms with Gasteiger partial charge in [-0.1, -0.05) is 23.8 Å². The summed E-state index contributed by atoms with van der Waals surface area (Å²) >= 11 is 0. The number of aryl methyl sites for hydroxylation is 1. The summed E-state index contributed by atoms with van der Waals surface area (Å²) in [7, 11) is 0. The number of piperazine rings is 1. The van der Waals surface area contributed by atoms with E-state index in [0.29, 0.717) is 13.1 Å². The van der Waals surface area contributed by atoms with Crippen LogP contribution in [0.5, 0.6) is 5.75 Å². The number of ether oxygens (including phenoxy) is 1. The maximum Gasteiger partial charge on any atom is 0.263 e. The van der Waals surface area contributed by atoms with Gasteiger partial charge in [0.05, 0.1) is 0 Å². The summed E-state index contributed by atoms with van der Waals surface area (Å²) in [6.45, 7) is 6.81. The fourth-order valence-electron chi connectivity index (χ4n) is 2.83. The molecule has 5 nitrogen and oxygen atoms in total. The molecule has 1 aromatic heterocycles. The molecule has 1 atom stereocenters. The first kappa shape index (κ1) is 16.3. The zero-order valence-electron chi connectivity index (χ0n) is 14.2. The summed E-state index contributed by atoms with van der Waals surface area (Å²) in [5.41, 5.74) is 1.17. The first-order valence-corrected chi connectivity index (χ1v) is 8.31. The molecule has 3 rings (SSSR count). The van der Waals surface area contributed by atoms with Gasteiger partial charge in [-0.2, -0.15) is 0 Å². The molecule has 1 aliphatic heterocycles. The Morgan fingerprint density at radius 2 is 1.79 bits per heavy atom. The molecule has 2 heterocycles. The van der Waals surface area contributed by atoms with Crippen LogP contribution in [0.3, 0.4) is 0 Å². The minimum absolute atomic E-state index is 0.0382. The molecule has 1 fully saturated rings. The van der Waals surface area contributed by atoms with Crippen molar-refractivity contribution >= 4 is 11.7 Å². The van der Waals surface area contributed by atoms with E-state index in [1.165, 1.54) is 5.56 Å². The lowest BCUT2D eigenvalue weighted by Gasteiger charge is -2.36. The Hall–Kier alpha value is -2.56. The Labute approximate surface area is 142 Å². The highest BCUT2D eigenvalue weighted by molar-refractivity contribution is 5.81. The van der Waals surface area contributed by atoms with Crippen LogP contribution in [-0.2, 0) is 4.79 Å². The molecule has 5 heteroatoms. The van der Waals surface area contributed by atoms with Gasteiger partial charge in [0.2, 0.25) is 0 Å². The lowest BCUT2D eigenvalue weighted by molar-refractivity contribution is -0.138. The fourth-order valence-corrected chi connectivity index (χ4v) is 2.83. The van der Waals surface area contributed by atoms with Crippen molar-refractivity contribution in [2.75, 3.05) is 31.1 Å². The van der Waals surface area contributed by atoms with Crippen molar-refractivity contribution in [2.24, 2.45) is 0 Å². The number of hydrogen-bond acceptors (Lipinski definition) is 4. The lowest BCUT2D eigenvalue weighted by Crippen LogP contribution is -2.52. The van der Waals surface area contributed by atoms with E-state index >= 15 is 0 Å². The molecule has 0 N–H and O–H groups in total. The lowest BCUT2D eigenvalue weighted by atomic mass is 10.2. The van der Waals surface area contributed by atoms with Crippen molar-refractivity contribution in [1.29, 1.82) is 0 Å². The van der Waals surface area contributed by atoms with Crippen LogP contribution in [0.25, 0.3) is 0 Å². The van der Waals surface area contributed by atoms with E-state index in [2.05, 4.69) is 9.88 Å². The van der Waals surface area contributed by atoms with Gasteiger partial charge in [-0.25, -0.2) is 4.98 Å². The maximum atomic E-state index is 12.6. The van der Waals surface area contributed by atoms with E-state index in [9.17, 15) is 4.79 Å². The Bertz CT molecular complexity index is 665. The predicted molar refractivity (Wildman–Crippen MR) is 94.3 cm³/mol. The van der Waals surface area contributed by atoms with Gasteiger partial charge in [-0.05, 0) is 38.1 Å². The van der Waals surface area contributed by atoms with Gasteiger partial charge in [-0.3, -0.25) is 4.79 Å². The van der Waals surface area contributed by atoms with Crippen LogP contribution in [0.1, 0.15) is 12.5 Å². The number of nitrogens with zero attached hydrogens (tertiary/aromatic N) is 3. The molecule has 0 radical (unpaired) electrons. The van der Waals surface area contributed by atoms with Crippen LogP contribution in [-0.4, -0.2) is 48.1 Å². The van der Waals surface area contributed by atoms with Crippen molar-refractivity contribution in [3.63, 3.8) is 0 Å². The normalized spacial score (nSPS) is 15.9. The number of benzene rings is 1. The van der Waals surface area contributed by atoms with Crippen LogP contribution in [0.4, 0.5) is 5.82 Å². The molecule has 0 aliphatic carbocycles. The monoisotopic (exact) mass is 325 g/mol. The molecule has 1 amide bonds. The van der Waals surface area contributed by atoms with Gasteiger partial charge in [0.25, 0.3) is 5.91 Å². The quantitative estimate of drug-likeness (QED) is 0.866. The highest BCUT2D eigenvalue weighted by Crippen LogP contribution is 2.16. The van der Waals surface area contributed by atoms with Crippen LogP contribution >= 0.6 is 0 Å². The van der Waals surface area contributed by atoms with Crippen LogP contribution in [0.2, 0.25) is 0 Å². The van der Waals surface area contributed by atoms with E-state index in [0.717, 1.165) is 24.7 Å². The third kappa shape index (κ3) is 3.85. The Kier molecular flexibility index (Phi) is 4.99. The van der Waals surface area contributed by atoms with E-state index < -0.39 is 6.10 Å². The van der Waals surface area contributed by atoms with Gasteiger partial charge < -0.3 is 14.5 Å². The van der Waals surface area contributed by atoms with Gasteiger partial charge >= 0.3 is 0 Å². The number of aromatic nitrogens is 1. The molecular weight excluding hydrogens is 302 g/mol. The van der Waals surface area contributed by atoms with Gasteiger partial charge in [0.1, 0.15) is 11.6 Å². The number of amides is 1. The smallest absolute Gasteiger partial charge is 0.263 e. The minimum Gasteiger partial charge on any atom is -0.481 e. The molecule has 1 aliphatic rings. The molecule has 0 unspecified atom stereocenters. The number of rotatable bonds is 4. The molecule has 1 saturated heterocycles. The number of carbonyl (C=O) groups excluding carboxylic acids is 1. The maximum absolute atomic E-state index is 12.6. The standard InChI is InChI=1S/C19H23N3O2/c1-15-6-8-17(9-7-15)24-16(2)19(23)22-13-11-21(12-14-22)18-5-3-4-10-20-18/h3-10,16H,11-14H2,1-2H3/t16-/m1/s1. The van der Waals surface area contributed by atoms with Crippen molar-refractivity contribution < 1.29 is 9.53 Å². The molecule has 0 spiro atoms. The summed E-state index contributed by atoms with van der Waals surface area (Å²) in [5, 5.41) is 0. The number of carbonyl (C=O) groups is 1. The highest BCUT2D eigenvalue weighted by atomic mass is 16.5. The molecular formula is C19H23N3O2. The second kappa shape index (κ2) is 7.34. The highest BCUT2D eigenvalue weighted by Gasteiger charge is 2.26. The minimum atomic E-state index is -0.478. The fraction of sp³-hybridized carbons (Fsp3) is 0.368. The Balaban J connectivity index is 1.53. The van der Waals surface area contributed by atoms with Crippen molar-refractivity contribution in [3.8, 4) is 5.75 Å². The van der Waals surface area contributed by atoms with E-state index in [1.807, 2.05) is 61.2 Å².